The van der Waals surface area contributed by atoms with Crippen molar-refractivity contribution in [2.75, 3.05) is 11.3 Å². The van der Waals surface area contributed by atoms with Gasteiger partial charge in [0.25, 0.3) is 15.9 Å². The van der Waals surface area contributed by atoms with Crippen LogP contribution in [0.25, 0.3) is 0 Å². The van der Waals surface area contributed by atoms with Gasteiger partial charge < -0.3 is 9.88 Å². The number of rotatable bonds is 8. The highest BCUT2D eigenvalue weighted by atomic mass is 35.5. The molecule has 7 nitrogen and oxygen atoms in total. The molecule has 152 valence electrons. The minimum atomic E-state index is -3.77. The van der Waals surface area contributed by atoms with E-state index in [0.717, 1.165) is 18.5 Å². The van der Waals surface area contributed by atoms with Crippen molar-refractivity contribution < 1.29 is 13.2 Å². The number of carbonyl (C=O) groups excluding carboxylic acids is 1. The molecule has 9 heteroatoms. The van der Waals surface area contributed by atoms with Crippen molar-refractivity contribution in [1.29, 1.82) is 0 Å². The monoisotopic (exact) mass is 432 g/mol. The van der Waals surface area contributed by atoms with Crippen LogP contribution in [0.15, 0.2) is 66.1 Å². The number of nitrogens with zero attached hydrogens (tertiary/aromatic N) is 2. The second-order valence-electron chi connectivity index (χ2n) is 6.52. The second-order valence-corrected chi connectivity index (χ2v) is 8.61. The first-order valence-electron chi connectivity index (χ1n) is 8.98. The Bertz CT molecular complexity index is 1080. The number of sulfonamides is 1. The van der Waals surface area contributed by atoms with E-state index in [1.807, 2.05) is 17.7 Å². The smallest absolute Gasteiger partial charge is 0.261 e. The van der Waals surface area contributed by atoms with Crippen molar-refractivity contribution in [3.63, 3.8) is 0 Å². The summed E-state index contributed by atoms with van der Waals surface area (Å²) in [5.41, 5.74) is 1.53. The summed E-state index contributed by atoms with van der Waals surface area (Å²) in [6, 6.07) is 10.9. The molecule has 0 atom stereocenters. The van der Waals surface area contributed by atoms with Gasteiger partial charge in [-0.1, -0.05) is 29.3 Å². The third-order valence-electron chi connectivity index (χ3n) is 4.24. The largest absolute Gasteiger partial charge is 0.352 e. The van der Waals surface area contributed by atoms with Crippen LogP contribution in [-0.4, -0.2) is 30.4 Å². The summed E-state index contributed by atoms with van der Waals surface area (Å²) in [7, 11) is -3.77. The number of carbonyl (C=O) groups is 1. The molecule has 0 aliphatic heterocycles. The van der Waals surface area contributed by atoms with Gasteiger partial charge in [-0.25, -0.2) is 13.4 Å². The van der Waals surface area contributed by atoms with Crippen molar-refractivity contribution in [1.82, 2.24) is 14.9 Å². The summed E-state index contributed by atoms with van der Waals surface area (Å²) in [4.78, 5) is 16.4. The van der Waals surface area contributed by atoms with E-state index in [0.29, 0.717) is 12.1 Å². The topological polar surface area (TPSA) is 93.1 Å². The zero-order valence-electron chi connectivity index (χ0n) is 15.8. The number of benzene rings is 2. The van der Waals surface area contributed by atoms with Crippen LogP contribution < -0.4 is 10.0 Å². The van der Waals surface area contributed by atoms with Gasteiger partial charge in [-0.2, -0.15) is 0 Å². The number of halogens is 1. The van der Waals surface area contributed by atoms with E-state index in [-0.39, 0.29) is 21.5 Å². The molecule has 29 heavy (non-hydrogen) atoms. The average Bonchev–Trinajstić information content (AvgIpc) is 3.20. The van der Waals surface area contributed by atoms with E-state index in [4.69, 9.17) is 11.6 Å². The fraction of sp³-hybridized carbons (Fsp3) is 0.200. The van der Waals surface area contributed by atoms with Crippen LogP contribution in [0, 0.1) is 6.92 Å². The quantitative estimate of drug-likeness (QED) is 0.533. The summed E-state index contributed by atoms with van der Waals surface area (Å²) in [5.74, 6) is -0.273. The molecule has 0 saturated carbocycles. The molecule has 0 bridgehead atoms. The highest BCUT2D eigenvalue weighted by molar-refractivity contribution is 7.92. The van der Waals surface area contributed by atoms with Gasteiger partial charge in [0.15, 0.2) is 0 Å². The number of amides is 1. The van der Waals surface area contributed by atoms with Crippen LogP contribution in [0.5, 0.6) is 0 Å². The molecule has 0 spiro atoms. The average molecular weight is 433 g/mol. The Kier molecular flexibility index (Phi) is 6.56. The van der Waals surface area contributed by atoms with Crippen molar-refractivity contribution in [2.45, 2.75) is 24.8 Å². The fourth-order valence-electron chi connectivity index (χ4n) is 2.64. The van der Waals surface area contributed by atoms with Crippen molar-refractivity contribution in [2.24, 2.45) is 0 Å². The Morgan fingerprint density at radius 2 is 1.93 bits per heavy atom. The maximum atomic E-state index is 12.5. The Balaban J connectivity index is 1.60. The molecule has 3 aromatic rings. The molecule has 3 rings (SSSR count). The maximum Gasteiger partial charge on any atom is 0.261 e. The molecule has 1 amide bonds. The highest BCUT2D eigenvalue weighted by Crippen LogP contribution is 2.26. The van der Waals surface area contributed by atoms with Gasteiger partial charge in [0.2, 0.25) is 0 Å². The molecule has 1 aromatic heterocycles. The number of anilines is 1. The van der Waals surface area contributed by atoms with Crippen LogP contribution in [0.4, 0.5) is 5.69 Å². The minimum absolute atomic E-state index is 0.138. The number of nitrogens with one attached hydrogen (secondary N) is 2. The Morgan fingerprint density at radius 1 is 1.17 bits per heavy atom. The van der Waals surface area contributed by atoms with Crippen molar-refractivity contribution >= 4 is 33.2 Å². The van der Waals surface area contributed by atoms with Crippen LogP contribution in [-0.2, 0) is 16.6 Å². The Morgan fingerprint density at radius 3 is 2.59 bits per heavy atom. The van der Waals surface area contributed by atoms with Crippen molar-refractivity contribution in [3.8, 4) is 0 Å². The molecule has 0 aliphatic carbocycles. The molecule has 0 unspecified atom stereocenters. The fourth-order valence-corrected chi connectivity index (χ4v) is 4.01. The second kappa shape index (κ2) is 9.11. The molecule has 0 fully saturated rings. The number of imidazole rings is 1. The molecule has 2 N–H and O–H groups in total. The van der Waals surface area contributed by atoms with Crippen LogP contribution in [0.1, 0.15) is 22.3 Å². The van der Waals surface area contributed by atoms with E-state index < -0.39 is 10.0 Å². The van der Waals surface area contributed by atoms with E-state index in [1.54, 1.807) is 24.7 Å². The Hall–Kier alpha value is -2.84. The third-order valence-corrected chi connectivity index (χ3v) is 5.94. The van der Waals surface area contributed by atoms with Crippen LogP contribution >= 0.6 is 11.6 Å². The van der Waals surface area contributed by atoms with E-state index in [2.05, 4.69) is 15.0 Å². The summed E-state index contributed by atoms with van der Waals surface area (Å²) < 4.78 is 29.4. The predicted octanol–water partition coefficient (Wildman–Crippen LogP) is 3.47. The van der Waals surface area contributed by atoms with Crippen molar-refractivity contribution in [3.05, 3.63) is 77.3 Å². The summed E-state index contributed by atoms with van der Waals surface area (Å²) >= 11 is 6.20. The molecule has 0 aliphatic rings. The van der Waals surface area contributed by atoms with Gasteiger partial charge in [-0.3, -0.25) is 9.52 Å². The normalized spacial score (nSPS) is 11.2. The molecule has 2 aromatic carbocycles. The van der Waals surface area contributed by atoms with Crippen LogP contribution in [0.3, 0.4) is 0 Å². The van der Waals surface area contributed by atoms with Gasteiger partial charge in [0.1, 0.15) is 0 Å². The van der Waals surface area contributed by atoms with E-state index in [1.165, 1.54) is 30.3 Å². The minimum Gasteiger partial charge on any atom is -0.352 e. The highest BCUT2D eigenvalue weighted by Gasteiger charge is 2.16. The van der Waals surface area contributed by atoms with Gasteiger partial charge in [0.05, 0.1) is 21.9 Å². The summed E-state index contributed by atoms with van der Waals surface area (Å²) in [6.07, 6.45) is 6.04. The SMILES string of the molecule is Cc1ccc(S(=O)(=O)Nc2ccc(C(=O)NCCCn3ccnc3)cc2Cl)cc1. The summed E-state index contributed by atoms with van der Waals surface area (Å²) in [5, 5.41) is 2.96. The molecule has 0 radical (unpaired) electrons. The van der Waals surface area contributed by atoms with Crippen LogP contribution in [0.2, 0.25) is 5.02 Å². The first kappa shape index (κ1) is 20.9. The molecular weight excluding hydrogens is 412 g/mol. The lowest BCUT2D eigenvalue weighted by atomic mass is 10.2. The zero-order valence-corrected chi connectivity index (χ0v) is 17.4. The number of hydrogen-bond donors (Lipinski definition) is 2. The summed E-state index contributed by atoms with van der Waals surface area (Å²) in [6.45, 7) is 3.12. The van der Waals surface area contributed by atoms with Gasteiger partial charge >= 0.3 is 0 Å². The molecule has 0 saturated heterocycles. The van der Waals surface area contributed by atoms with E-state index >= 15 is 0 Å². The third kappa shape index (κ3) is 5.58. The van der Waals surface area contributed by atoms with Gasteiger partial charge in [-0.05, 0) is 43.7 Å². The first-order valence-corrected chi connectivity index (χ1v) is 10.8. The number of hydrogen-bond acceptors (Lipinski definition) is 4. The lowest BCUT2D eigenvalue weighted by Crippen LogP contribution is -2.25. The predicted molar refractivity (Wildman–Crippen MR) is 113 cm³/mol. The number of aromatic nitrogens is 2. The standard InChI is InChI=1S/C20H21ClN4O3S/c1-15-3-6-17(7-4-15)29(27,28)24-19-8-5-16(13-18(19)21)20(26)23-9-2-11-25-12-10-22-14-25/h3-8,10,12-14,24H,2,9,11H2,1H3,(H,23,26). The Labute approximate surface area is 174 Å². The zero-order chi connectivity index (χ0) is 20.9. The van der Waals surface area contributed by atoms with Gasteiger partial charge in [0, 0.05) is 31.0 Å². The maximum absolute atomic E-state index is 12.5. The molecular formula is C20H21ClN4O3S. The van der Waals surface area contributed by atoms with E-state index in [9.17, 15) is 13.2 Å². The lowest BCUT2D eigenvalue weighted by Gasteiger charge is -2.11. The van der Waals surface area contributed by atoms with Gasteiger partial charge in [-0.15, -0.1) is 0 Å². The lowest BCUT2D eigenvalue weighted by molar-refractivity contribution is 0.0952. The molecule has 1 heterocycles. The first-order chi connectivity index (χ1) is 13.8. The number of aryl methyl sites for hydroxylation is 2.